The number of hydrogen-bond acceptors (Lipinski definition) is 5. The van der Waals surface area contributed by atoms with Crippen molar-refractivity contribution in [2.24, 2.45) is 0 Å². The molecule has 2 aromatic carbocycles. The van der Waals surface area contributed by atoms with E-state index < -0.39 is 0 Å². The minimum atomic E-state index is 0.0672. The molecule has 0 spiro atoms. The fraction of sp³-hybridized carbons (Fsp3) is 0.320. The van der Waals surface area contributed by atoms with Crippen molar-refractivity contribution in [1.29, 1.82) is 0 Å². The molecule has 1 fully saturated rings. The number of benzene rings is 2. The zero-order valence-electron chi connectivity index (χ0n) is 19.1. The van der Waals surface area contributed by atoms with Gasteiger partial charge in [-0.05, 0) is 67.8 Å². The number of aromatic nitrogens is 4. The van der Waals surface area contributed by atoms with Crippen LogP contribution < -0.4 is 4.90 Å². The third kappa shape index (κ3) is 4.48. The molecule has 0 bridgehead atoms. The first kappa shape index (κ1) is 23.4. The minimum Gasteiger partial charge on any atom is -0.349 e. The van der Waals surface area contributed by atoms with Crippen molar-refractivity contribution in [3.63, 3.8) is 0 Å². The summed E-state index contributed by atoms with van der Waals surface area (Å²) in [5.41, 5.74) is 3.79. The van der Waals surface area contributed by atoms with E-state index in [0.717, 1.165) is 40.3 Å². The standard InChI is InChI=1S/C25H25Cl3N6/c1-14-13-34(24-21-23(30-16(3)29-21)31-25(28)32-24)15(2)12-33(14)22(17-4-8-19(26)9-5-17)18-6-10-20(27)11-7-18/h4-11,14-15,22H,12-13H2,1-3H3,(H,29,30,31,32)/t14-,15+/m1/s1. The molecule has 3 heterocycles. The predicted octanol–water partition coefficient (Wildman–Crippen LogP) is 6.31. The monoisotopic (exact) mass is 514 g/mol. The number of aromatic amines is 1. The van der Waals surface area contributed by atoms with E-state index in [1.54, 1.807) is 0 Å². The third-order valence-corrected chi connectivity index (χ3v) is 7.11. The van der Waals surface area contributed by atoms with Crippen molar-refractivity contribution in [3.8, 4) is 0 Å². The third-order valence-electron chi connectivity index (χ3n) is 6.43. The molecule has 0 amide bonds. The lowest BCUT2D eigenvalue weighted by molar-refractivity contribution is 0.129. The van der Waals surface area contributed by atoms with Gasteiger partial charge in [0.05, 0.1) is 6.04 Å². The van der Waals surface area contributed by atoms with Crippen molar-refractivity contribution in [2.45, 2.75) is 38.9 Å². The lowest BCUT2D eigenvalue weighted by Crippen LogP contribution is -2.57. The lowest BCUT2D eigenvalue weighted by atomic mass is 9.93. The summed E-state index contributed by atoms with van der Waals surface area (Å²) in [5.74, 6) is 1.59. The normalized spacial score (nSPS) is 19.3. The van der Waals surface area contributed by atoms with Crippen LogP contribution in [0.2, 0.25) is 15.3 Å². The van der Waals surface area contributed by atoms with Crippen molar-refractivity contribution >= 4 is 51.8 Å². The zero-order chi connectivity index (χ0) is 24.0. The molecule has 0 unspecified atom stereocenters. The first-order valence-electron chi connectivity index (χ1n) is 11.2. The van der Waals surface area contributed by atoms with Crippen LogP contribution in [0.15, 0.2) is 48.5 Å². The minimum absolute atomic E-state index is 0.0672. The molecule has 1 aliphatic heterocycles. The Kier molecular flexibility index (Phi) is 6.42. The highest BCUT2D eigenvalue weighted by Crippen LogP contribution is 2.36. The van der Waals surface area contributed by atoms with Gasteiger partial charge in [-0.15, -0.1) is 0 Å². The van der Waals surface area contributed by atoms with Crippen LogP contribution in [-0.4, -0.2) is 50.0 Å². The second-order valence-electron chi connectivity index (χ2n) is 8.89. The van der Waals surface area contributed by atoms with E-state index in [1.807, 2.05) is 31.2 Å². The number of H-pyrrole nitrogens is 1. The molecule has 34 heavy (non-hydrogen) atoms. The molecular weight excluding hydrogens is 491 g/mol. The van der Waals surface area contributed by atoms with Gasteiger partial charge in [-0.1, -0.05) is 47.5 Å². The molecule has 2 atom stereocenters. The Morgan fingerprint density at radius 2 is 1.41 bits per heavy atom. The molecule has 6 nitrogen and oxygen atoms in total. The molecule has 5 rings (SSSR count). The number of imidazole rings is 1. The number of rotatable bonds is 4. The molecule has 4 aromatic rings. The maximum atomic E-state index is 6.27. The highest BCUT2D eigenvalue weighted by atomic mass is 35.5. The summed E-state index contributed by atoms with van der Waals surface area (Å²) >= 11 is 18.7. The summed E-state index contributed by atoms with van der Waals surface area (Å²) in [5, 5.41) is 1.66. The number of anilines is 1. The SMILES string of the molecule is Cc1nc2nc(Cl)nc(N3C[C@@H](C)N(C(c4ccc(Cl)cc4)c4ccc(Cl)cc4)C[C@@H]3C)c2[nH]1. The van der Waals surface area contributed by atoms with Crippen molar-refractivity contribution in [3.05, 3.63) is 80.8 Å². The number of piperazine rings is 1. The van der Waals surface area contributed by atoms with Crippen molar-refractivity contribution in [2.75, 3.05) is 18.0 Å². The Morgan fingerprint density at radius 3 is 2.00 bits per heavy atom. The average Bonchev–Trinajstić information content (AvgIpc) is 3.18. The molecule has 9 heteroatoms. The number of fused-ring (bicyclic) bond motifs is 1. The van der Waals surface area contributed by atoms with Crippen LogP contribution >= 0.6 is 34.8 Å². The second-order valence-corrected chi connectivity index (χ2v) is 10.1. The fourth-order valence-electron chi connectivity index (χ4n) is 4.85. The van der Waals surface area contributed by atoms with Crippen LogP contribution in [0.5, 0.6) is 0 Å². The molecule has 0 radical (unpaired) electrons. The Balaban J connectivity index is 1.51. The van der Waals surface area contributed by atoms with Crippen LogP contribution in [0.1, 0.15) is 36.8 Å². The molecule has 1 aliphatic rings. The van der Waals surface area contributed by atoms with E-state index in [0.29, 0.717) is 5.65 Å². The van der Waals surface area contributed by atoms with Gasteiger partial charge >= 0.3 is 0 Å². The highest BCUT2D eigenvalue weighted by molar-refractivity contribution is 6.30. The van der Waals surface area contributed by atoms with E-state index in [2.05, 4.69) is 67.8 Å². The van der Waals surface area contributed by atoms with Gasteiger partial charge in [0.25, 0.3) is 0 Å². The van der Waals surface area contributed by atoms with E-state index in [9.17, 15) is 0 Å². The van der Waals surface area contributed by atoms with Crippen molar-refractivity contribution in [1.82, 2.24) is 24.8 Å². The van der Waals surface area contributed by atoms with Gasteiger partial charge < -0.3 is 9.88 Å². The summed E-state index contributed by atoms with van der Waals surface area (Å²) in [6, 6.07) is 16.7. The second kappa shape index (κ2) is 9.34. The van der Waals surface area contributed by atoms with Gasteiger partial charge in [0.1, 0.15) is 11.3 Å². The topological polar surface area (TPSA) is 60.9 Å². The fourth-order valence-corrected chi connectivity index (χ4v) is 5.27. The van der Waals surface area contributed by atoms with Gasteiger partial charge in [0.15, 0.2) is 11.5 Å². The van der Waals surface area contributed by atoms with Crippen LogP contribution in [0.3, 0.4) is 0 Å². The summed E-state index contributed by atoms with van der Waals surface area (Å²) in [6.45, 7) is 7.97. The summed E-state index contributed by atoms with van der Waals surface area (Å²) in [6.07, 6.45) is 0. The van der Waals surface area contributed by atoms with Gasteiger partial charge in [-0.25, -0.2) is 4.98 Å². The number of aryl methyl sites for hydroxylation is 1. The molecule has 0 aliphatic carbocycles. The highest BCUT2D eigenvalue weighted by Gasteiger charge is 2.36. The first-order valence-corrected chi connectivity index (χ1v) is 12.4. The summed E-state index contributed by atoms with van der Waals surface area (Å²) < 4.78 is 0. The Hall–Kier alpha value is -2.38. The molecule has 176 valence electrons. The molecule has 0 saturated carbocycles. The van der Waals surface area contributed by atoms with Gasteiger partial charge in [0, 0.05) is 35.2 Å². The molecule has 2 aromatic heterocycles. The Morgan fingerprint density at radius 1 is 0.824 bits per heavy atom. The van der Waals surface area contributed by atoms with Crippen LogP contribution in [-0.2, 0) is 0 Å². The van der Waals surface area contributed by atoms with E-state index in [4.69, 9.17) is 34.8 Å². The van der Waals surface area contributed by atoms with Gasteiger partial charge in [-0.2, -0.15) is 9.97 Å². The maximum Gasteiger partial charge on any atom is 0.226 e. The molecule has 1 N–H and O–H groups in total. The number of hydrogen-bond donors (Lipinski definition) is 1. The number of halogens is 3. The van der Waals surface area contributed by atoms with E-state index >= 15 is 0 Å². The summed E-state index contributed by atoms with van der Waals surface area (Å²) in [7, 11) is 0. The Labute approximate surface area is 213 Å². The molecular formula is C25H25Cl3N6. The first-order chi connectivity index (χ1) is 16.3. The smallest absolute Gasteiger partial charge is 0.226 e. The molecule has 1 saturated heterocycles. The maximum absolute atomic E-state index is 6.27. The van der Waals surface area contributed by atoms with Crippen LogP contribution in [0.4, 0.5) is 5.82 Å². The lowest BCUT2D eigenvalue weighted by Gasteiger charge is -2.48. The largest absolute Gasteiger partial charge is 0.349 e. The van der Waals surface area contributed by atoms with Crippen LogP contribution in [0.25, 0.3) is 11.2 Å². The summed E-state index contributed by atoms with van der Waals surface area (Å²) in [4.78, 5) is 21.5. The predicted molar refractivity (Wildman–Crippen MR) is 139 cm³/mol. The number of nitrogens with one attached hydrogen (secondary N) is 1. The Bertz CT molecular complexity index is 1260. The van der Waals surface area contributed by atoms with Crippen molar-refractivity contribution < 1.29 is 0 Å². The zero-order valence-corrected chi connectivity index (χ0v) is 21.4. The van der Waals surface area contributed by atoms with Gasteiger partial charge in [0.2, 0.25) is 5.28 Å². The van der Waals surface area contributed by atoms with E-state index in [-0.39, 0.29) is 23.4 Å². The van der Waals surface area contributed by atoms with E-state index in [1.165, 1.54) is 11.1 Å². The quantitative estimate of drug-likeness (QED) is 0.323. The van der Waals surface area contributed by atoms with Gasteiger partial charge in [-0.3, -0.25) is 4.90 Å². The number of nitrogens with zero attached hydrogens (tertiary/aromatic N) is 5. The van der Waals surface area contributed by atoms with Crippen LogP contribution in [0, 0.1) is 6.92 Å². The average molecular weight is 516 g/mol.